The van der Waals surface area contributed by atoms with Gasteiger partial charge < -0.3 is 5.32 Å². The molecule has 2 rings (SSSR count). The first-order valence-corrected chi connectivity index (χ1v) is 6.85. The average molecular weight is 280 g/mol. The summed E-state index contributed by atoms with van der Waals surface area (Å²) in [6.07, 6.45) is 0.803. The summed E-state index contributed by atoms with van der Waals surface area (Å²) in [4.78, 5) is 23.4. The highest BCUT2D eigenvalue weighted by atomic mass is 32.1. The zero-order valence-corrected chi connectivity index (χ0v) is 11.9. The SMILES string of the molecule is CC(Cc1ccsc1)Nc1nn(C)c(=O)n(C)c1=O. The predicted octanol–water partition coefficient (Wildman–Crippen LogP) is 0.584. The smallest absolute Gasteiger partial charge is 0.346 e. The van der Waals surface area contributed by atoms with Crippen molar-refractivity contribution >= 4 is 17.2 Å². The maximum absolute atomic E-state index is 11.9. The molecular formula is C12H16N4O2S. The summed E-state index contributed by atoms with van der Waals surface area (Å²) in [6, 6.07) is 2.11. The fourth-order valence-electron chi connectivity index (χ4n) is 1.84. The third-order valence-electron chi connectivity index (χ3n) is 2.83. The Morgan fingerprint density at radius 3 is 2.79 bits per heavy atom. The summed E-state index contributed by atoms with van der Waals surface area (Å²) in [5.41, 5.74) is 0.382. The molecule has 6 nitrogen and oxygen atoms in total. The van der Waals surface area contributed by atoms with Gasteiger partial charge in [-0.15, -0.1) is 5.10 Å². The molecule has 19 heavy (non-hydrogen) atoms. The van der Waals surface area contributed by atoms with E-state index in [4.69, 9.17) is 0 Å². The zero-order chi connectivity index (χ0) is 14.0. The van der Waals surface area contributed by atoms with E-state index in [0.717, 1.165) is 15.7 Å². The molecule has 1 N–H and O–H groups in total. The van der Waals surface area contributed by atoms with E-state index in [2.05, 4.69) is 21.9 Å². The third-order valence-corrected chi connectivity index (χ3v) is 3.56. The van der Waals surface area contributed by atoms with Crippen molar-refractivity contribution in [3.8, 4) is 0 Å². The van der Waals surface area contributed by atoms with Crippen LogP contribution in [0, 0.1) is 0 Å². The molecule has 0 saturated carbocycles. The van der Waals surface area contributed by atoms with Crippen LogP contribution in [0.3, 0.4) is 0 Å². The van der Waals surface area contributed by atoms with Gasteiger partial charge in [0.05, 0.1) is 0 Å². The van der Waals surface area contributed by atoms with Crippen molar-refractivity contribution in [2.24, 2.45) is 14.1 Å². The number of hydrogen-bond donors (Lipinski definition) is 1. The van der Waals surface area contributed by atoms with Gasteiger partial charge in [-0.2, -0.15) is 11.3 Å². The normalized spacial score (nSPS) is 12.4. The molecule has 0 saturated heterocycles. The molecule has 0 aliphatic carbocycles. The molecule has 0 amide bonds. The molecular weight excluding hydrogens is 264 g/mol. The molecule has 1 atom stereocenters. The van der Waals surface area contributed by atoms with Crippen LogP contribution < -0.4 is 16.6 Å². The second-order valence-electron chi connectivity index (χ2n) is 4.50. The number of nitrogens with one attached hydrogen (secondary N) is 1. The molecule has 0 spiro atoms. The van der Waals surface area contributed by atoms with Gasteiger partial charge in [0, 0.05) is 20.1 Å². The molecule has 2 aromatic rings. The van der Waals surface area contributed by atoms with E-state index in [1.54, 1.807) is 11.3 Å². The van der Waals surface area contributed by atoms with Crippen molar-refractivity contribution in [2.45, 2.75) is 19.4 Å². The van der Waals surface area contributed by atoms with Gasteiger partial charge in [0.25, 0.3) is 5.56 Å². The minimum atomic E-state index is -0.430. The number of aryl methyl sites for hydroxylation is 1. The molecule has 2 aromatic heterocycles. The van der Waals surface area contributed by atoms with Crippen LogP contribution in [-0.2, 0) is 20.5 Å². The van der Waals surface area contributed by atoms with Crippen molar-refractivity contribution in [1.29, 1.82) is 0 Å². The lowest BCUT2D eigenvalue weighted by Gasteiger charge is -2.14. The number of nitrogens with zero attached hydrogens (tertiary/aromatic N) is 3. The van der Waals surface area contributed by atoms with Gasteiger partial charge in [0.15, 0.2) is 0 Å². The van der Waals surface area contributed by atoms with Gasteiger partial charge in [-0.25, -0.2) is 9.48 Å². The van der Waals surface area contributed by atoms with E-state index in [1.807, 2.05) is 12.3 Å². The van der Waals surface area contributed by atoms with Gasteiger partial charge in [0.1, 0.15) is 0 Å². The van der Waals surface area contributed by atoms with E-state index in [1.165, 1.54) is 19.7 Å². The summed E-state index contributed by atoms with van der Waals surface area (Å²) in [6.45, 7) is 1.98. The Balaban J connectivity index is 2.20. The Morgan fingerprint density at radius 2 is 2.16 bits per heavy atom. The Kier molecular flexibility index (Phi) is 3.84. The first-order chi connectivity index (χ1) is 8.99. The second kappa shape index (κ2) is 5.40. The third kappa shape index (κ3) is 2.93. The monoisotopic (exact) mass is 280 g/mol. The molecule has 2 heterocycles. The van der Waals surface area contributed by atoms with Crippen molar-refractivity contribution in [2.75, 3.05) is 5.32 Å². The Labute approximate surface area is 114 Å². The van der Waals surface area contributed by atoms with Crippen LogP contribution in [0.1, 0.15) is 12.5 Å². The fourth-order valence-corrected chi connectivity index (χ4v) is 2.52. The van der Waals surface area contributed by atoms with Crippen molar-refractivity contribution in [3.63, 3.8) is 0 Å². The molecule has 0 aliphatic rings. The quantitative estimate of drug-likeness (QED) is 0.889. The van der Waals surface area contributed by atoms with E-state index < -0.39 is 11.2 Å². The fraction of sp³-hybridized carbons (Fsp3) is 0.417. The summed E-state index contributed by atoms with van der Waals surface area (Å²) >= 11 is 1.64. The summed E-state index contributed by atoms with van der Waals surface area (Å²) in [5, 5.41) is 11.1. The lowest BCUT2D eigenvalue weighted by Crippen LogP contribution is -2.41. The lowest BCUT2D eigenvalue weighted by atomic mass is 10.1. The largest absolute Gasteiger partial charge is 0.361 e. The van der Waals surface area contributed by atoms with Gasteiger partial charge in [-0.05, 0) is 35.7 Å². The Hall–Kier alpha value is -1.89. The second-order valence-corrected chi connectivity index (χ2v) is 5.28. The lowest BCUT2D eigenvalue weighted by molar-refractivity contribution is 0.599. The van der Waals surface area contributed by atoms with E-state index >= 15 is 0 Å². The highest BCUT2D eigenvalue weighted by Crippen LogP contribution is 2.10. The van der Waals surface area contributed by atoms with E-state index in [9.17, 15) is 9.59 Å². The van der Waals surface area contributed by atoms with Crippen molar-refractivity contribution < 1.29 is 0 Å². The Morgan fingerprint density at radius 1 is 1.42 bits per heavy atom. The molecule has 0 fully saturated rings. The number of anilines is 1. The topological polar surface area (TPSA) is 68.9 Å². The van der Waals surface area contributed by atoms with Gasteiger partial charge in [-0.3, -0.25) is 9.36 Å². The van der Waals surface area contributed by atoms with Crippen LogP contribution in [0.15, 0.2) is 26.4 Å². The minimum Gasteiger partial charge on any atom is -0.361 e. The Bertz CT molecular complexity index is 672. The molecule has 102 valence electrons. The first-order valence-electron chi connectivity index (χ1n) is 5.91. The number of rotatable bonds is 4. The van der Waals surface area contributed by atoms with Crippen LogP contribution in [0.2, 0.25) is 0 Å². The summed E-state index contributed by atoms with van der Waals surface area (Å²) in [5.74, 6) is 0.201. The number of aromatic nitrogens is 3. The van der Waals surface area contributed by atoms with E-state index in [0.29, 0.717) is 0 Å². The zero-order valence-electron chi connectivity index (χ0n) is 11.1. The van der Waals surface area contributed by atoms with Crippen LogP contribution in [0.4, 0.5) is 5.82 Å². The number of thiophene rings is 1. The van der Waals surface area contributed by atoms with Crippen LogP contribution in [0.5, 0.6) is 0 Å². The molecule has 7 heteroatoms. The van der Waals surface area contributed by atoms with E-state index in [-0.39, 0.29) is 11.9 Å². The molecule has 0 aromatic carbocycles. The highest BCUT2D eigenvalue weighted by Gasteiger charge is 2.11. The van der Waals surface area contributed by atoms with Crippen LogP contribution in [-0.4, -0.2) is 20.4 Å². The maximum Gasteiger partial charge on any atom is 0.346 e. The standard InChI is InChI=1S/C12H16N4O2S/c1-8(6-9-4-5-19-7-9)13-10-11(17)15(2)12(18)16(3)14-10/h4-5,7-8H,6H2,1-3H3,(H,13,14). The van der Waals surface area contributed by atoms with Gasteiger partial charge >= 0.3 is 5.69 Å². The highest BCUT2D eigenvalue weighted by molar-refractivity contribution is 7.07. The van der Waals surface area contributed by atoms with Crippen molar-refractivity contribution in [3.05, 3.63) is 43.2 Å². The van der Waals surface area contributed by atoms with Gasteiger partial charge in [0.2, 0.25) is 5.82 Å². The van der Waals surface area contributed by atoms with Gasteiger partial charge in [-0.1, -0.05) is 0 Å². The van der Waals surface area contributed by atoms with Crippen molar-refractivity contribution in [1.82, 2.24) is 14.3 Å². The predicted molar refractivity (Wildman–Crippen MR) is 75.8 cm³/mol. The molecule has 0 radical (unpaired) electrons. The molecule has 0 aliphatic heterocycles. The maximum atomic E-state index is 11.9. The molecule has 0 bridgehead atoms. The first kappa shape index (κ1) is 13.5. The summed E-state index contributed by atoms with van der Waals surface area (Å²) in [7, 11) is 2.97. The summed E-state index contributed by atoms with van der Waals surface area (Å²) < 4.78 is 2.20. The molecule has 1 unspecified atom stereocenters. The van der Waals surface area contributed by atoms with Crippen LogP contribution in [0.25, 0.3) is 0 Å². The van der Waals surface area contributed by atoms with Crippen LogP contribution >= 0.6 is 11.3 Å². The average Bonchev–Trinajstić information content (AvgIpc) is 2.86. The minimum absolute atomic E-state index is 0.0623. The number of hydrogen-bond acceptors (Lipinski definition) is 5.